The largest absolute Gasteiger partial charge is 0.246 e. The highest BCUT2D eigenvalue weighted by Crippen LogP contribution is 2.18. The average Bonchev–Trinajstić information content (AvgIpc) is 2.42. The SMILES string of the molecule is CN(Cc1ccc(F)cc1F)S(=O)(=O)c1cnc(Cl)nc1. The quantitative estimate of drug-likeness (QED) is 0.805. The molecule has 0 amide bonds. The molecular weight excluding hydrogens is 324 g/mol. The molecule has 0 saturated heterocycles. The first kappa shape index (κ1) is 15.7. The maximum atomic E-state index is 13.6. The lowest BCUT2D eigenvalue weighted by atomic mass is 10.2. The molecule has 2 rings (SSSR count). The third kappa shape index (κ3) is 3.52. The second-order valence-electron chi connectivity index (χ2n) is 4.18. The highest BCUT2D eigenvalue weighted by molar-refractivity contribution is 7.89. The Hall–Kier alpha value is -1.64. The van der Waals surface area contributed by atoms with E-state index in [0.29, 0.717) is 6.07 Å². The van der Waals surface area contributed by atoms with Crippen LogP contribution in [0.4, 0.5) is 8.78 Å². The van der Waals surface area contributed by atoms with Crippen molar-refractivity contribution in [2.24, 2.45) is 0 Å². The summed E-state index contributed by atoms with van der Waals surface area (Å²) in [5.74, 6) is -1.54. The van der Waals surface area contributed by atoms with E-state index in [1.165, 1.54) is 13.1 Å². The standard InChI is InChI=1S/C12H10ClF2N3O2S/c1-18(7-8-2-3-9(14)4-11(8)15)21(19,20)10-5-16-12(13)17-6-10/h2-6H,7H2,1H3. The van der Waals surface area contributed by atoms with Gasteiger partial charge in [0, 0.05) is 25.2 Å². The van der Waals surface area contributed by atoms with Crippen molar-refractivity contribution in [2.45, 2.75) is 11.4 Å². The Morgan fingerprint density at radius 3 is 2.43 bits per heavy atom. The van der Waals surface area contributed by atoms with Crippen LogP contribution in [0.3, 0.4) is 0 Å². The van der Waals surface area contributed by atoms with Crippen LogP contribution >= 0.6 is 11.6 Å². The zero-order valence-electron chi connectivity index (χ0n) is 10.8. The molecule has 0 atom stereocenters. The summed E-state index contributed by atoms with van der Waals surface area (Å²) in [4.78, 5) is 7.01. The van der Waals surface area contributed by atoms with Gasteiger partial charge in [0.1, 0.15) is 16.5 Å². The van der Waals surface area contributed by atoms with Crippen molar-refractivity contribution in [2.75, 3.05) is 7.05 Å². The third-order valence-electron chi connectivity index (χ3n) is 2.71. The molecule has 1 aromatic carbocycles. The Bertz CT molecular complexity index is 754. The summed E-state index contributed by atoms with van der Waals surface area (Å²) >= 11 is 5.49. The van der Waals surface area contributed by atoms with Crippen LogP contribution in [0.1, 0.15) is 5.56 Å². The summed E-state index contributed by atoms with van der Waals surface area (Å²) in [6.45, 7) is -0.253. The second kappa shape index (κ2) is 6.00. The lowest BCUT2D eigenvalue weighted by Crippen LogP contribution is -2.27. The van der Waals surface area contributed by atoms with Crippen molar-refractivity contribution in [3.8, 4) is 0 Å². The zero-order chi connectivity index (χ0) is 15.6. The number of rotatable bonds is 4. The van der Waals surface area contributed by atoms with Crippen LogP contribution in [0, 0.1) is 11.6 Å². The fourth-order valence-electron chi connectivity index (χ4n) is 1.59. The van der Waals surface area contributed by atoms with Gasteiger partial charge in [-0.25, -0.2) is 27.2 Å². The number of halogens is 3. The molecule has 0 aliphatic rings. The Morgan fingerprint density at radius 1 is 1.24 bits per heavy atom. The maximum Gasteiger partial charge on any atom is 0.246 e. The molecule has 0 spiro atoms. The molecule has 0 radical (unpaired) electrons. The lowest BCUT2D eigenvalue weighted by Gasteiger charge is -2.17. The van der Waals surface area contributed by atoms with Gasteiger partial charge < -0.3 is 0 Å². The van der Waals surface area contributed by atoms with Gasteiger partial charge in [0.25, 0.3) is 0 Å². The molecule has 0 bridgehead atoms. The summed E-state index contributed by atoms with van der Waals surface area (Å²) in [7, 11) is -2.62. The van der Waals surface area contributed by atoms with E-state index in [-0.39, 0.29) is 22.3 Å². The molecule has 0 aliphatic carbocycles. The minimum absolute atomic E-state index is 0.0531. The zero-order valence-corrected chi connectivity index (χ0v) is 12.4. The van der Waals surface area contributed by atoms with Gasteiger partial charge in [0.15, 0.2) is 0 Å². The topological polar surface area (TPSA) is 63.2 Å². The smallest absolute Gasteiger partial charge is 0.225 e. The highest BCUT2D eigenvalue weighted by atomic mass is 35.5. The highest BCUT2D eigenvalue weighted by Gasteiger charge is 2.22. The number of hydrogen-bond donors (Lipinski definition) is 0. The fraction of sp³-hybridized carbons (Fsp3) is 0.167. The van der Waals surface area contributed by atoms with Crippen LogP contribution in [0.2, 0.25) is 5.28 Å². The van der Waals surface area contributed by atoms with Gasteiger partial charge in [-0.15, -0.1) is 0 Å². The lowest BCUT2D eigenvalue weighted by molar-refractivity contribution is 0.454. The van der Waals surface area contributed by atoms with Gasteiger partial charge in [0.2, 0.25) is 15.3 Å². The van der Waals surface area contributed by atoms with Crippen molar-refractivity contribution < 1.29 is 17.2 Å². The molecule has 0 aliphatic heterocycles. The molecule has 0 N–H and O–H groups in total. The van der Waals surface area contributed by atoms with E-state index < -0.39 is 21.7 Å². The fourth-order valence-corrected chi connectivity index (χ4v) is 2.73. The predicted molar refractivity (Wildman–Crippen MR) is 72.1 cm³/mol. The molecule has 1 aromatic heterocycles. The normalized spacial score (nSPS) is 11.9. The van der Waals surface area contributed by atoms with E-state index in [1.54, 1.807) is 0 Å². The molecule has 0 saturated carbocycles. The minimum Gasteiger partial charge on any atom is -0.225 e. The van der Waals surface area contributed by atoms with Gasteiger partial charge in [-0.05, 0) is 17.7 Å². The molecule has 0 fully saturated rings. The van der Waals surface area contributed by atoms with Crippen molar-refractivity contribution in [3.63, 3.8) is 0 Å². The Kier molecular flexibility index (Phi) is 4.50. The van der Waals surface area contributed by atoms with Crippen molar-refractivity contribution in [1.82, 2.24) is 14.3 Å². The first-order chi connectivity index (χ1) is 9.80. The number of sulfonamides is 1. The second-order valence-corrected chi connectivity index (χ2v) is 6.57. The van der Waals surface area contributed by atoms with Crippen LogP contribution in [0.25, 0.3) is 0 Å². The summed E-state index contributed by atoms with van der Waals surface area (Å²) in [5.41, 5.74) is 0.0531. The molecule has 2 aromatic rings. The number of hydrogen-bond acceptors (Lipinski definition) is 4. The predicted octanol–water partition coefficient (Wildman–Crippen LogP) is 2.23. The Labute approximate surface area is 125 Å². The Balaban J connectivity index is 2.26. The van der Waals surface area contributed by atoms with Crippen LogP contribution in [0.5, 0.6) is 0 Å². The van der Waals surface area contributed by atoms with Gasteiger partial charge >= 0.3 is 0 Å². The van der Waals surface area contributed by atoms with Crippen molar-refractivity contribution >= 4 is 21.6 Å². The van der Waals surface area contributed by atoms with Crippen LogP contribution in [-0.2, 0) is 16.6 Å². The summed E-state index contributed by atoms with van der Waals surface area (Å²) in [5, 5.41) is -0.0822. The van der Waals surface area contributed by atoms with E-state index in [0.717, 1.165) is 22.8 Å². The Morgan fingerprint density at radius 2 is 1.86 bits per heavy atom. The molecular formula is C12H10ClF2N3O2S. The van der Waals surface area contributed by atoms with Crippen LogP contribution < -0.4 is 0 Å². The van der Waals surface area contributed by atoms with E-state index in [4.69, 9.17) is 11.6 Å². The minimum atomic E-state index is -3.89. The molecule has 21 heavy (non-hydrogen) atoms. The van der Waals surface area contributed by atoms with E-state index >= 15 is 0 Å². The summed E-state index contributed by atoms with van der Waals surface area (Å²) in [6, 6.07) is 2.94. The first-order valence-electron chi connectivity index (χ1n) is 5.68. The van der Waals surface area contributed by atoms with Crippen LogP contribution in [0.15, 0.2) is 35.5 Å². The number of benzene rings is 1. The molecule has 112 valence electrons. The first-order valence-corrected chi connectivity index (χ1v) is 7.50. The maximum absolute atomic E-state index is 13.6. The number of aromatic nitrogens is 2. The van der Waals surface area contributed by atoms with E-state index in [9.17, 15) is 17.2 Å². The van der Waals surface area contributed by atoms with Gasteiger partial charge in [-0.3, -0.25) is 0 Å². The van der Waals surface area contributed by atoms with E-state index in [1.807, 2.05) is 0 Å². The molecule has 0 unspecified atom stereocenters. The molecule has 1 heterocycles. The third-order valence-corrected chi connectivity index (χ3v) is 4.66. The van der Waals surface area contributed by atoms with E-state index in [2.05, 4.69) is 9.97 Å². The summed E-state index contributed by atoms with van der Waals surface area (Å²) in [6.07, 6.45) is 2.12. The number of nitrogens with zero attached hydrogens (tertiary/aromatic N) is 3. The summed E-state index contributed by atoms with van der Waals surface area (Å²) < 4.78 is 51.7. The van der Waals surface area contributed by atoms with Crippen molar-refractivity contribution in [3.05, 3.63) is 53.1 Å². The van der Waals surface area contributed by atoms with Crippen molar-refractivity contribution in [1.29, 1.82) is 0 Å². The molecule has 5 nitrogen and oxygen atoms in total. The molecule has 9 heteroatoms. The van der Waals surface area contributed by atoms with Gasteiger partial charge in [-0.2, -0.15) is 4.31 Å². The van der Waals surface area contributed by atoms with Gasteiger partial charge in [-0.1, -0.05) is 6.07 Å². The van der Waals surface area contributed by atoms with Crippen LogP contribution in [-0.4, -0.2) is 29.7 Å². The average molecular weight is 334 g/mol. The monoisotopic (exact) mass is 333 g/mol. The van der Waals surface area contributed by atoms with Gasteiger partial charge in [0.05, 0.1) is 12.4 Å².